The Kier molecular flexibility index (Phi) is 7.57. The summed E-state index contributed by atoms with van der Waals surface area (Å²) in [6.07, 6.45) is 0.569. The van der Waals surface area contributed by atoms with Crippen molar-refractivity contribution in [1.82, 2.24) is 0 Å². The van der Waals surface area contributed by atoms with Crippen molar-refractivity contribution >= 4 is 28.4 Å². The van der Waals surface area contributed by atoms with Crippen molar-refractivity contribution in [3.05, 3.63) is 53.6 Å². The van der Waals surface area contributed by atoms with Gasteiger partial charge in [0.25, 0.3) is 5.91 Å². The number of esters is 1. The summed E-state index contributed by atoms with van der Waals surface area (Å²) in [6.45, 7) is 1.48. The van der Waals surface area contributed by atoms with E-state index >= 15 is 0 Å². The van der Waals surface area contributed by atoms with E-state index in [2.05, 4.69) is 5.32 Å². The van der Waals surface area contributed by atoms with Crippen LogP contribution in [0, 0.1) is 0 Å². The highest BCUT2D eigenvalue weighted by Crippen LogP contribution is 2.26. The van der Waals surface area contributed by atoms with E-state index in [9.17, 15) is 13.8 Å². The first-order valence-electron chi connectivity index (χ1n) is 8.46. The van der Waals surface area contributed by atoms with Crippen molar-refractivity contribution in [2.45, 2.75) is 18.8 Å². The topological polar surface area (TPSA) is 90.9 Å². The van der Waals surface area contributed by atoms with E-state index in [1.54, 1.807) is 48.7 Å². The minimum Gasteiger partial charge on any atom is -0.497 e. The second kappa shape index (κ2) is 9.89. The number of carbonyl (C=O) groups is 2. The molecule has 1 N–H and O–H groups in total. The number of hydrogen-bond donors (Lipinski definition) is 1. The van der Waals surface area contributed by atoms with Gasteiger partial charge in [0.05, 0.1) is 19.8 Å². The second-order valence-electron chi connectivity index (χ2n) is 6.06. The van der Waals surface area contributed by atoms with Crippen molar-refractivity contribution in [3.63, 3.8) is 0 Å². The van der Waals surface area contributed by atoms with Crippen LogP contribution in [0.1, 0.15) is 22.8 Å². The normalized spacial score (nSPS) is 12.6. The van der Waals surface area contributed by atoms with E-state index in [1.165, 1.54) is 21.1 Å². The molecule has 0 aromatic heterocycles. The Bertz CT molecular complexity index is 860. The number of nitrogens with one attached hydrogen (secondary N) is 1. The molecule has 0 saturated carbocycles. The summed E-state index contributed by atoms with van der Waals surface area (Å²) in [5.41, 5.74) is 1.51. The summed E-state index contributed by atoms with van der Waals surface area (Å²) < 4.78 is 26.9. The van der Waals surface area contributed by atoms with Crippen LogP contribution in [0.3, 0.4) is 0 Å². The van der Waals surface area contributed by atoms with Gasteiger partial charge in [0.1, 0.15) is 11.5 Å². The molecule has 1 amide bonds. The monoisotopic (exact) mass is 405 g/mol. The molecule has 0 radical (unpaired) electrons. The van der Waals surface area contributed by atoms with Crippen LogP contribution in [0.2, 0.25) is 0 Å². The van der Waals surface area contributed by atoms with Gasteiger partial charge in [-0.15, -0.1) is 0 Å². The maximum Gasteiger partial charge on any atom is 0.338 e. The molecule has 2 unspecified atom stereocenters. The fraction of sp³-hybridized carbons (Fsp3) is 0.300. The molecule has 2 atom stereocenters. The molecular formula is C20H23NO6S. The van der Waals surface area contributed by atoms with Gasteiger partial charge in [0.2, 0.25) is 0 Å². The van der Waals surface area contributed by atoms with Gasteiger partial charge in [-0.2, -0.15) is 0 Å². The number of rotatable bonds is 8. The summed E-state index contributed by atoms with van der Waals surface area (Å²) in [7, 11) is 1.99. The Labute approximate surface area is 166 Å². The third kappa shape index (κ3) is 6.09. The predicted molar refractivity (Wildman–Crippen MR) is 107 cm³/mol. The molecule has 0 saturated heterocycles. The van der Waals surface area contributed by atoms with E-state index in [4.69, 9.17) is 14.2 Å². The SMILES string of the molecule is COc1cc(NC(=O)C(C)OC(=O)c2cccc(CS(C)=O)c2)cc(OC)c1. The van der Waals surface area contributed by atoms with Gasteiger partial charge in [0, 0.05) is 46.7 Å². The van der Waals surface area contributed by atoms with Crippen molar-refractivity contribution < 1.29 is 28.0 Å². The predicted octanol–water partition coefficient (Wildman–Crippen LogP) is 2.77. The summed E-state index contributed by atoms with van der Waals surface area (Å²) in [6, 6.07) is 11.6. The first-order valence-corrected chi connectivity index (χ1v) is 10.2. The van der Waals surface area contributed by atoms with Crippen LogP contribution in [-0.2, 0) is 26.1 Å². The minimum atomic E-state index is -1.02. The summed E-state index contributed by atoms with van der Waals surface area (Å²) in [4.78, 5) is 24.7. The first kappa shape index (κ1) is 21.4. The number of anilines is 1. The summed E-state index contributed by atoms with van der Waals surface area (Å²) in [5.74, 6) is 0.257. The average molecular weight is 405 g/mol. The highest BCUT2D eigenvalue weighted by Gasteiger charge is 2.20. The standard InChI is InChI=1S/C20H23NO6S/c1-13(19(22)21-16-9-17(25-2)11-18(10-16)26-3)27-20(23)15-7-5-6-14(8-15)12-28(4)24/h5-11,13H,12H2,1-4H3,(H,21,22). The van der Waals surface area contributed by atoms with Crippen molar-refractivity contribution in [2.75, 3.05) is 25.8 Å². The molecular weight excluding hydrogens is 382 g/mol. The third-order valence-electron chi connectivity index (χ3n) is 3.80. The molecule has 7 nitrogen and oxygen atoms in total. The molecule has 0 heterocycles. The van der Waals surface area contributed by atoms with Gasteiger partial charge < -0.3 is 19.5 Å². The maximum absolute atomic E-state index is 12.4. The smallest absolute Gasteiger partial charge is 0.338 e. The van der Waals surface area contributed by atoms with Crippen LogP contribution in [0.4, 0.5) is 5.69 Å². The highest BCUT2D eigenvalue weighted by atomic mass is 32.2. The maximum atomic E-state index is 12.4. The summed E-state index contributed by atoms with van der Waals surface area (Å²) in [5, 5.41) is 2.67. The van der Waals surface area contributed by atoms with Gasteiger partial charge in [-0.1, -0.05) is 12.1 Å². The van der Waals surface area contributed by atoms with Crippen LogP contribution in [0.25, 0.3) is 0 Å². The lowest BCUT2D eigenvalue weighted by atomic mass is 10.1. The molecule has 8 heteroatoms. The van der Waals surface area contributed by atoms with Gasteiger partial charge in [-0.05, 0) is 24.6 Å². The Balaban J connectivity index is 2.04. The van der Waals surface area contributed by atoms with Crippen LogP contribution in [0.15, 0.2) is 42.5 Å². The molecule has 0 spiro atoms. The molecule has 28 heavy (non-hydrogen) atoms. The number of amides is 1. The molecule has 0 bridgehead atoms. The zero-order valence-electron chi connectivity index (χ0n) is 16.2. The van der Waals surface area contributed by atoms with Gasteiger partial charge in [-0.25, -0.2) is 4.79 Å². The van der Waals surface area contributed by atoms with Gasteiger partial charge in [0.15, 0.2) is 6.10 Å². The molecule has 150 valence electrons. The van der Waals surface area contributed by atoms with E-state index in [1.807, 2.05) is 0 Å². The lowest BCUT2D eigenvalue weighted by molar-refractivity contribution is -0.123. The Morgan fingerprint density at radius 1 is 1.07 bits per heavy atom. The highest BCUT2D eigenvalue weighted by molar-refractivity contribution is 7.83. The number of carbonyl (C=O) groups excluding carboxylic acids is 2. The largest absolute Gasteiger partial charge is 0.497 e. The number of methoxy groups -OCH3 is 2. The number of ether oxygens (including phenoxy) is 3. The van der Waals surface area contributed by atoms with E-state index in [0.717, 1.165) is 5.56 Å². The Morgan fingerprint density at radius 2 is 1.71 bits per heavy atom. The molecule has 0 aliphatic rings. The first-order chi connectivity index (χ1) is 13.3. The molecule has 2 aromatic rings. The quantitative estimate of drug-likeness (QED) is 0.679. The van der Waals surface area contributed by atoms with Crippen LogP contribution < -0.4 is 14.8 Å². The number of hydrogen-bond acceptors (Lipinski definition) is 6. The lowest BCUT2D eigenvalue weighted by Gasteiger charge is -2.15. The van der Waals surface area contributed by atoms with Crippen LogP contribution in [0.5, 0.6) is 11.5 Å². The van der Waals surface area contributed by atoms with Crippen molar-refractivity contribution in [3.8, 4) is 11.5 Å². The zero-order valence-corrected chi connectivity index (χ0v) is 17.0. The third-order valence-corrected chi connectivity index (χ3v) is 4.54. The molecule has 0 fully saturated rings. The second-order valence-corrected chi connectivity index (χ2v) is 7.49. The fourth-order valence-electron chi connectivity index (χ4n) is 2.43. The summed E-state index contributed by atoms with van der Waals surface area (Å²) >= 11 is 0. The van der Waals surface area contributed by atoms with E-state index in [-0.39, 0.29) is 0 Å². The van der Waals surface area contributed by atoms with Crippen LogP contribution in [-0.4, -0.2) is 42.7 Å². The Hall–Kier alpha value is -2.87. The molecule has 2 aromatic carbocycles. The van der Waals surface area contributed by atoms with Crippen molar-refractivity contribution in [2.24, 2.45) is 0 Å². The number of benzene rings is 2. The lowest BCUT2D eigenvalue weighted by Crippen LogP contribution is -2.30. The van der Waals surface area contributed by atoms with Crippen molar-refractivity contribution in [1.29, 1.82) is 0 Å². The van der Waals surface area contributed by atoms with Gasteiger partial charge >= 0.3 is 5.97 Å². The molecule has 0 aliphatic carbocycles. The zero-order chi connectivity index (χ0) is 20.7. The Morgan fingerprint density at radius 3 is 2.29 bits per heavy atom. The minimum absolute atomic E-state index is 0.297. The molecule has 0 aliphatic heterocycles. The van der Waals surface area contributed by atoms with E-state index < -0.39 is 28.8 Å². The molecule has 2 rings (SSSR count). The average Bonchev–Trinajstić information content (AvgIpc) is 2.67. The fourth-order valence-corrected chi connectivity index (χ4v) is 3.08. The van der Waals surface area contributed by atoms with E-state index in [0.29, 0.717) is 28.5 Å². The van der Waals surface area contributed by atoms with Crippen LogP contribution >= 0.6 is 0 Å². The van der Waals surface area contributed by atoms with Gasteiger partial charge in [-0.3, -0.25) is 9.00 Å².